The Morgan fingerprint density at radius 3 is 2.74 bits per heavy atom. The SMILES string of the molecule is CC1CCCC(OCC(=O)NCC2(O)CCCC2)C1. The summed E-state index contributed by atoms with van der Waals surface area (Å²) >= 11 is 0. The van der Waals surface area contributed by atoms with Crippen molar-refractivity contribution in [3.8, 4) is 0 Å². The molecule has 0 aromatic rings. The van der Waals surface area contributed by atoms with Crippen molar-refractivity contribution in [1.82, 2.24) is 5.32 Å². The maximum absolute atomic E-state index is 11.7. The number of hydrogen-bond acceptors (Lipinski definition) is 3. The van der Waals surface area contributed by atoms with Gasteiger partial charge >= 0.3 is 0 Å². The van der Waals surface area contributed by atoms with Crippen molar-refractivity contribution in [3.05, 3.63) is 0 Å². The summed E-state index contributed by atoms with van der Waals surface area (Å²) in [6.07, 6.45) is 8.57. The molecule has 2 N–H and O–H groups in total. The summed E-state index contributed by atoms with van der Waals surface area (Å²) in [5, 5.41) is 12.9. The van der Waals surface area contributed by atoms with E-state index in [4.69, 9.17) is 4.74 Å². The molecule has 2 fully saturated rings. The highest BCUT2D eigenvalue weighted by molar-refractivity contribution is 5.77. The van der Waals surface area contributed by atoms with E-state index in [9.17, 15) is 9.90 Å². The van der Waals surface area contributed by atoms with Crippen molar-refractivity contribution in [1.29, 1.82) is 0 Å². The van der Waals surface area contributed by atoms with Crippen LogP contribution in [0.4, 0.5) is 0 Å². The monoisotopic (exact) mass is 269 g/mol. The van der Waals surface area contributed by atoms with Crippen molar-refractivity contribution < 1.29 is 14.6 Å². The molecule has 2 unspecified atom stereocenters. The molecule has 0 aromatic carbocycles. The number of amides is 1. The molecule has 1 amide bonds. The molecule has 0 saturated heterocycles. The van der Waals surface area contributed by atoms with Crippen LogP contribution in [0.5, 0.6) is 0 Å². The number of aliphatic hydroxyl groups is 1. The Kier molecular flexibility index (Phi) is 5.22. The van der Waals surface area contributed by atoms with Gasteiger partial charge in [0.25, 0.3) is 0 Å². The molecular weight excluding hydrogens is 242 g/mol. The average molecular weight is 269 g/mol. The van der Waals surface area contributed by atoms with Gasteiger partial charge in [0.15, 0.2) is 0 Å². The first kappa shape index (κ1) is 14.8. The second-order valence-corrected chi connectivity index (χ2v) is 6.41. The Morgan fingerprint density at radius 2 is 2.05 bits per heavy atom. The molecule has 0 aromatic heterocycles. The normalized spacial score (nSPS) is 30.2. The van der Waals surface area contributed by atoms with E-state index in [0.717, 1.165) is 38.5 Å². The van der Waals surface area contributed by atoms with Crippen LogP contribution in [0.2, 0.25) is 0 Å². The van der Waals surface area contributed by atoms with Crippen molar-refractivity contribution in [2.45, 2.75) is 70.0 Å². The number of rotatable bonds is 5. The van der Waals surface area contributed by atoms with Gasteiger partial charge in [-0.25, -0.2) is 0 Å². The van der Waals surface area contributed by atoms with Crippen LogP contribution in [0.15, 0.2) is 0 Å². The van der Waals surface area contributed by atoms with E-state index in [-0.39, 0.29) is 18.6 Å². The standard InChI is InChI=1S/C15H27NO3/c1-12-5-4-6-13(9-12)19-10-14(17)16-11-15(18)7-2-3-8-15/h12-13,18H,2-11H2,1H3,(H,16,17). The topological polar surface area (TPSA) is 58.6 Å². The molecule has 0 spiro atoms. The molecule has 19 heavy (non-hydrogen) atoms. The maximum atomic E-state index is 11.7. The molecule has 110 valence electrons. The molecule has 0 bridgehead atoms. The van der Waals surface area contributed by atoms with Gasteiger partial charge in [-0.05, 0) is 31.6 Å². The van der Waals surface area contributed by atoms with Crippen molar-refractivity contribution in [3.63, 3.8) is 0 Å². The van der Waals surface area contributed by atoms with Crippen molar-refractivity contribution >= 4 is 5.91 Å². The van der Waals surface area contributed by atoms with Crippen molar-refractivity contribution in [2.75, 3.05) is 13.2 Å². The first-order valence-corrected chi connectivity index (χ1v) is 7.68. The summed E-state index contributed by atoms with van der Waals surface area (Å²) in [5.41, 5.74) is -0.672. The van der Waals surface area contributed by atoms with Crippen LogP contribution in [-0.4, -0.2) is 35.9 Å². The summed E-state index contributed by atoms with van der Waals surface area (Å²) in [6, 6.07) is 0. The van der Waals surface area contributed by atoms with Crippen LogP contribution in [0.25, 0.3) is 0 Å². The van der Waals surface area contributed by atoms with Gasteiger partial charge in [-0.2, -0.15) is 0 Å². The summed E-state index contributed by atoms with van der Waals surface area (Å²) in [7, 11) is 0. The Hall–Kier alpha value is -0.610. The zero-order valence-corrected chi connectivity index (χ0v) is 12.0. The van der Waals surface area contributed by atoms with E-state index in [1.54, 1.807) is 0 Å². The first-order chi connectivity index (χ1) is 9.07. The Balaban J connectivity index is 1.61. The van der Waals surface area contributed by atoms with Gasteiger partial charge in [-0.15, -0.1) is 0 Å². The van der Waals surface area contributed by atoms with Gasteiger partial charge < -0.3 is 15.2 Å². The lowest BCUT2D eigenvalue weighted by Crippen LogP contribution is -2.42. The van der Waals surface area contributed by atoms with Gasteiger partial charge in [-0.3, -0.25) is 4.79 Å². The fraction of sp³-hybridized carbons (Fsp3) is 0.933. The number of carbonyl (C=O) groups is 1. The molecule has 0 aliphatic heterocycles. The lowest BCUT2D eigenvalue weighted by atomic mass is 9.89. The highest BCUT2D eigenvalue weighted by Gasteiger charge is 2.31. The Labute approximate surface area is 115 Å². The van der Waals surface area contributed by atoms with Crippen LogP contribution in [0, 0.1) is 5.92 Å². The summed E-state index contributed by atoms with van der Waals surface area (Å²) in [4.78, 5) is 11.7. The highest BCUT2D eigenvalue weighted by atomic mass is 16.5. The third kappa shape index (κ3) is 4.77. The predicted octanol–water partition coefficient (Wildman–Crippen LogP) is 2.00. The zero-order valence-electron chi connectivity index (χ0n) is 12.0. The fourth-order valence-corrected chi connectivity index (χ4v) is 3.25. The molecule has 2 rings (SSSR count). The van der Waals surface area contributed by atoms with E-state index >= 15 is 0 Å². The Morgan fingerprint density at radius 1 is 1.32 bits per heavy atom. The molecule has 4 heteroatoms. The second-order valence-electron chi connectivity index (χ2n) is 6.41. The average Bonchev–Trinajstić information content (AvgIpc) is 2.82. The smallest absolute Gasteiger partial charge is 0.246 e. The molecule has 2 saturated carbocycles. The van der Waals surface area contributed by atoms with Crippen LogP contribution < -0.4 is 5.32 Å². The molecule has 0 radical (unpaired) electrons. The molecule has 2 aliphatic carbocycles. The fourth-order valence-electron chi connectivity index (χ4n) is 3.25. The van der Waals surface area contributed by atoms with Gasteiger partial charge in [0.2, 0.25) is 5.91 Å². The summed E-state index contributed by atoms with van der Waals surface area (Å²) in [5.74, 6) is 0.611. The molecule has 4 nitrogen and oxygen atoms in total. The predicted molar refractivity (Wildman–Crippen MR) is 73.8 cm³/mol. The second kappa shape index (κ2) is 6.71. The quantitative estimate of drug-likeness (QED) is 0.802. The minimum absolute atomic E-state index is 0.0986. The van der Waals surface area contributed by atoms with Gasteiger partial charge in [-0.1, -0.05) is 32.6 Å². The third-order valence-corrected chi connectivity index (χ3v) is 4.49. The van der Waals surface area contributed by atoms with Gasteiger partial charge in [0.05, 0.1) is 11.7 Å². The minimum Gasteiger partial charge on any atom is -0.388 e. The number of nitrogens with one attached hydrogen (secondary N) is 1. The minimum atomic E-state index is -0.672. The zero-order chi connectivity index (χ0) is 13.7. The van der Waals surface area contributed by atoms with Gasteiger partial charge in [0, 0.05) is 6.54 Å². The third-order valence-electron chi connectivity index (χ3n) is 4.49. The van der Waals surface area contributed by atoms with Gasteiger partial charge in [0.1, 0.15) is 6.61 Å². The van der Waals surface area contributed by atoms with E-state index in [0.29, 0.717) is 12.5 Å². The Bertz CT molecular complexity index is 300. The van der Waals surface area contributed by atoms with Crippen LogP contribution in [0.3, 0.4) is 0 Å². The van der Waals surface area contributed by atoms with Crippen LogP contribution in [-0.2, 0) is 9.53 Å². The van der Waals surface area contributed by atoms with E-state index < -0.39 is 5.60 Å². The molecular formula is C15H27NO3. The number of hydrogen-bond donors (Lipinski definition) is 2. The van der Waals surface area contributed by atoms with E-state index in [1.165, 1.54) is 12.8 Å². The highest BCUT2D eigenvalue weighted by Crippen LogP contribution is 2.28. The molecule has 2 atom stereocenters. The summed E-state index contributed by atoms with van der Waals surface area (Å²) in [6.45, 7) is 2.74. The van der Waals surface area contributed by atoms with Crippen LogP contribution >= 0.6 is 0 Å². The maximum Gasteiger partial charge on any atom is 0.246 e. The lowest BCUT2D eigenvalue weighted by molar-refractivity contribution is -0.129. The summed E-state index contributed by atoms with van der Waals surface area (Å²) < 4.78 is 5.67. The molecule has 2 aliphatic rings. The largest absolute Gasteiger partial charge is 0.388 e. The number of ether oxygens (including phenoxy) is 1. The lowest BCUT2D eigenvalue weighted by Gasteiger charge is -2.27. The van der Waals surface area contributed by atoms with E-state index in [2.05, 4.69) is 12.2 Å². The number of carbonyl (C=O) groups excluding carboxylic acids is 1. The molecule has 0 heterocycles. The van der Waals surface area contributed by atoms with Crippen LogP contribution in [0.1, 0.15) is 58.3 Å². The van der Waals surface area contributed by atoms with E-state index in [1.807, 2.05) is 0 Å². The van der Waals surface area contributed by atoms with Crippen molar-refractivity contribution in [2.24, 2.45) is 5.92 Å². The first-order valence-electron chi connectivity index (χ1n) is 7.68.